The van der Waals surface area contributed by atoms with Crippen LogP contribution < -0.4 is 5.32 Å². The van der Waals surface area contributed by atoms with Crippen LogP contribution in [0.1, 0.15) is 31.4 Å². The van der Waals surface area contributed by atoms with Gasteiger partial charge in [-0.3, -0.25) is 9.59 Å². The largest absolute Gasteiger partial charge is 0.354 e. The van der Waals surface area contributed by atoms with E-state index in [0.29, 0.717) is 22.3 Å². The van der Waals surface area contributed by atoms with Crippen molar-refractivity contribution >= 4 is 62.7 Å². The minimum atomic E-state index is -0.607. The molecule has 2 aromatic carbocycles. The zero-order chi connectivity index (χ0) is 22.1. The van der Waals surface area contributed by atoms with Crippen molar-refractivity contribution in [1.29, 1.82) is 0 Å². The predicted octanol–water partition coefficient (Wildman–Crippen LogP) is 5.93. The van der Waals surface area contributed by atoms with Gasteiger partial charge in [0.1, 0.15) is 6.04 Å². The zero-order valence-electron chi connectivity index (χ0n) is 17.0. The third-order valence-electron chi connectivity index (χ3n) is 4.48. The minimum absolute atomic E-state index is 0.109. The molecule has 0 heterocycles. The summed E-state index contributed by atoms with van der Waals surface area (Å²) >= 11 is 17.2. The van der Waals surface area contributed by atoms with E-state index >= 15 is 0 Å². The van der Waals surface area contributed by atoms with Crippen LogP contribution in [0.25, 0.3) is 0 Å². The Hall–Kier alpha value is -1.21. The number of hydrogen-bond acceptors (Lipinski definition) is 3. The number of hydrogen-bond donors (Lipinski definition) is 1. The molecule has 0 aromatic heterocycles. The molecule has 4 nitrogen and oxygen atoms in total. The van der Waals surface area contributed by atoms with Crippen LogP contribution in [-0.4, -0.2) is 35.1 Å². The van der Waals surface area contributed by atoms with Gasteiger partial charge in [0.25, 0.3) is 0 Å². The lowest BCUT2D eigenvalue weighted by Crippen LogP contribution is -2.48. The fraction of sp³-hybridized carbons (Fsp3) is 0.364. The maximum atomic E-state index is 13.0. The van der Waals surface area contributed by atoms with E-state index in [1.807, 2.05) is 31.2 Å². The molecule has 30 heavy (non-hydrogen) atoms. The molecular weight excluding hydrogens is 507 g/mol. The monoisotopic (exact) mass is 530 g/mol. The van der Waals surface area contributed by atoms with Gasteiger partial charge in [-0.2, -0.15) is 0 Å². The normalized spacial score (nSPS) is 11.8. The molecule has 0 fully saturated rings. The first-order valence-electron chi connectivity index (χ1n) is 9.65. The fourth-order valence-corrected chi connectivity index (χ4v) is 4.33. The van der Waals surface area contributed by atoms with Crippen LogP contribution in [-0.2, 0) is 21.9 Å². The standard InChI is InChI=1S/C22H25BrCl2N2O2S/c1-3-10-26-22(29)15(2)27(12-17-6-9-19(24)11-20(17)25)21(28)14-30-13-16-4-7-18(23)8-5-16/h4-9,11,15H,3,10,12-14H2,1-2H3,(H,26,29)/t15-/m0/s1. The van der Waals surface area contributed by atoms with Crippen molar-refractivity contribution in [3.63, 3.8) is 0 Å². The number of nitrogens with zero attached hydrogens (tertiary/aromatic N) is 1. The van der Waals surface area contributed by atoms with Gasteiger partial charge in [-0.15, -0.1) is 11.8 Å². The van der Waals surface area contributed by atoms with E-state index in [1.165, 1.54) is 11.8 Å². The van der Waals surface area contributed by atoms with Crippen molar-refractivity contribution in [3.8, 4) is 0 Å². The van der Waals surface area contributed by atoms with Crippen molar-refractivity contribution in [1.82, 2.24) is 10.2 Å². The minimum Gasteiger partial charge on any atom is -0.354 e. The summed E-state index contributed by atoms with van der Waals surface area (Å²) in [5.74, 6) is 0.702. The van der Waals surface area contributed by atoms with E-state index in [1.54, 1.807) is 30.0 Å². The summed E-state index contributed by atoms with van der Waals surface area (Å²) in [6.45, 7) is 4.55. The summed E-state index contributed by atoms with van der Waals surface area (Å²) in [6, 6.07) is 12.6. The molecule has 0 aliphatic heterocycles. The molecule has 0 spiro atoms. The molecule has 8 heteroatoms. The Bertz CT molecular complexity index is 865. The molecule has 0 saturated heterocycles. The Kier molecular flexibility index (Phi) is 10.5. The van der Waals surface area contributed by atoms with Gasteiger partial charge in [0, 0.05) is 33.4 Å². The first-order chi connectivity index (χ1) is 14.3. The van der Waals surface area contributed by atoms with E-state index in [9.17, 15) is 9.59 Å². The fourth-order valence-electron chi connectivity index (χ4n) is 2.73. The Morgan fingerprint density at radius 3 is 2.50 bits per heavy atom. The number of nitrogens with one attached hydrogen (secondary N) is 1. The number of thioether (sulfide) groups is 1. The molecule has 162 valence electrons. The van der Waals surface area contributed by atoms with E-state index in [0.717, 1.165) is 22.0 Å². The third-order valence-corrected chi connectivity index (χ3v) is 6.58. The van der Waals surface area contributed by atoms with E-state index in [2.05, 4.69) is 21.2 Å². The second-order valence-electron chi connectivity index (χ2n) is 6.84. The van der Waals surface area contributed by atoms with Gasteiger partial charge in [0.15, 0.2) is 0 Å². The van der Waals surface area contributed by atoms with Crippen molar-refractivity contribution in [3.05, 3.63) is 68.1 Å². The number of halogens is 3. The summed E-state index contributed by atoms with van der Waals surface area (Å²) in [4.78, 5) is 27.2. The molecule has 2 amide bonds. The lowest BCUT2D eigenvalue weighted by atomic mass is 10.1. The summed E-state index contributed by atoms with van der Waals surface area (Å²) in [5, 5.41) is 3.87. The molecule has 1 atom stereocenters. The summed E-state index contributed by atoms with van der Waals surface area (Å²) in [5.41, 5.74) is 1.89. The van der Waals surface area contributed by atoms with Crippen molar-refractivity contribution in [2.24, 2.45) is 0 Å². The number of carbonyl (C=O) groups is 2. The maximum absolute atomic E-state index is 13.0. The van der Waals surface area contributed by atoms with Gasteiger partial charge in [0.2, 0.25) is 11.8 Å². The quantitative estimate of drug-likeness (QED) is 0.413. The van der Waals surface area contributed by atoms with Gasteiger partial charge in [-0.1, -0.05) is 64.3 Å². The van der Waals surface area contributed by atoms with Crippen LogP contribution in [0.3, 0.4) is 0 Å². The van der Waals surface area contributed by atoms with Crippen LogP contribution in [0.15, 0.2) is 46.9 Å². The third kappa shape index (κ3) is 7.80. The highest BCUT2D eigenvalue weighted by Gasteiger charge is 2.26. The average Bonchev–Trinajstić information content (AvgIpc) is 2.72. The Balaban J connectivity index is 2.09. The van der Waals surface area contributed by atoms with E-state index in [4.69, 9.17) is 23.2 Å². The van der Waals surface area contributed by atoms with Crippen molar-refractivity contribution in [2.45, 2.75) is 38.6 Å². The van der Waals surface area contributed by atoms with Crippen LogP contribution >= 0.6 is 50.9 Å². The number of carbonyl (C=O) groups excluding carboxylic acids is 2. The molecule has 0 aliphatic carbocycles. The first-order valence-corrected chi connectivity index (χ1v) is 12.4. The molecule has 0 unspecified atom stereocenters. The molecule has 1 N–H and O–H groups in total. The zero-order valence-corrected chi connectivity index (χ0v) is 20.9. The van der Waals surface area contributed by atoms with E-state index < -0.39 is 6.04 Å². The van der Waals surface area contributed by atoms with Crippen LogP contribution in [0.5, 0.6) is 0 Å². The molecular formula is C22H25BrCl2N2O2S. The lowest BCUT2D eigenvalue weighted by Gasteiger charge is -2.29. The number of benzene rings is 2. The highest BCUT2D eigenvalue weighted by Crippen LogP contribution is 2.24. The average molecular weight is 532 g/mol. The van der Waals surface area contributed by atoms with E-state index in [-0.39, 0.29) is 24.1 Å². The number of amides is 2. The van der Waals surface area contributed by atoms with Gasteiger partial charge in [-0.05, 0) is 48.7 Å². The van der Waals surface area contributed by atoms with Gasteiger partial charge < -0.3 is 10.2 Å². The molecule has 2 aromatic rings. The molecule has 0 radical (unpaired) electrons. The molecule has 0 bridgehead atoms. The number of rotatable bonds is 10. The Labute approximate surface area is 200 Å². The second-order valence-corrected chi connectivity index (χ2v) is 9.59. The Morgan fingerprint density at radius 2 is 1.87 bits per heavy atom. The molecule has 0 aliphatic rings. The Morgan fingerprint density at radius 1 is 1.17 bits per heavy atom. The highest BCUT2D eigenvalue weighted by molar-refractivity contribution is 9.10. The highest BCUT2D eigenvalue weighted by atomic mass is 79.9. The smallest absolute Gasteiger partial charge is 0.242 e. The van der Waals surface area contributed by atoms with Gasteiger partial charge in [0.05, 0.1) is 5.75 Å². The van der Waals surface area contributed by atoms with Crippen molar-refractivity contribution < 1.29 is 9.59 Å². The summed E-state index contributed by atoms with van der Waals surface area (Å²) < 4.78 is 1.02. The van der Waals surface area contributed by atoms with Crippen LogP contribution in [0, 0.1) is 0 Å². The van der Waals surface area contributed by atoms with Gasteiger partial charge >= 0.3 is 0 Å². The molecule has 2 rings (SSSR count). The maximum Gasteiger partial charge on any atom is 0.242 e. The second kappa shape index (κ2) is 12.6. The summed E-state index contributed by atoms with van der Waals surface area (Å²) in [6.07, 6.45) is 0.832. The SMILES string of the molecule is CCCNC(=O)[C@H](C)N(Cc1ccc(Cl)cc1Cl)C(=O)CSCc1ccc(Br)cc1. The van der Waals surface area contributed by atoms with Crippen LogP contribution in [0.4, 0.5) is 0 Å². The van der Waals surface area contributed by atoms with Gasteiger partial charge in [-0.25, -0.2) is 0 Å². The van der Waals surface area contributed by atoms with Crippen molar-refractivity contribution in [2.75, 3.05) is 12.3 Å². The topological polar surface area (TPSA) is 49.4 Å². The molecule has 0 saturated carbocycles. The lowest BCUT2D eigenvalue weighted by molar-refractivity contribution is -0.138. The first kappa shape index (κ1) is 25.1. The van der Waals surface area contributed by atoms with Crippen LogP contribution in [0.2, 0.25) is 10.0 Å². The summed E-state index contributed by atoms with van der Waals surface area (Å²) in [7, 11) is 0. The predicted molar refractivity (Wildman–Crippen MR) is 130 cm³/mol.